The fraction of sp³-hybridized carbons (Fsp3) is 0.333. The van der Waals surface area contributed by atoms with Gasteiger partial charge in [-0.15, -0.1) is 0 Å². The molecule has 0 radical (unpaired) electrons. The molecule has 0 aliphatic carbocycles. The summed E-state index contributed by atoms with van der Waals surface area (Å²) < 4.78 is 63.6. The second-order valence-corrected chi connectivity index (χ2v) is 10.1. The molecular weight excluding hydrogens is 404 g/mol. The van der Waals surface area contributed by atoms with Crippen LogP contribution in [0.5, 0.6) is 11.5 Å². The Hall–Kier alpha value is -2.30. The molecule has 0 atom stereocenters. The van der Waals surface area contributed by atoms with Gasteiger partial charge in [0.1, 0.15) is 16.4 Å². The summed E-state index contributed by atoms with van der Waals surface area (Å²) in [6, 6.07) is 9.65. The summed E-state index contributed by atoms with van der Waals surface area (Å²) in [6.45, 7) is 0.629. The Bertz CT molecular complexity index is 1100. The van der Waals surface area contributed by atoms with Crippen LogP contribution >= 0.6 is 0 Å². The standard InChI is InChI=1S/C18H22N2O6S2/c1-25-16-6-7-17(26-2)18(11-16)28(23,24)19-15-5-4-13-8-9-20(27(3,21)22)12-14(13)10-15/h4-7,10-11,19H,8-9,12H2,1-3H3. The molecule has 2 aromatic carbocycles. The molecule has 0 spiro atoms. The lowest BCUT2D eigenvalue weighted by Crippen LogP contribution is -2.35. The van der Waals surface area contributed by atoms with Crippen molar-refractivity contribution in [1.82, 2.24) is 4.31 Å². The van der Waals surface area contributed by atoms with Gasteiger partial charge in [0.2, 0.25) is 10.0 Å². The van der Waals surface area contributed by atoms with Gasteiger partial charge in [0, 0.05) is 24.8 Å². The average Bonchev–Trinajstić information content (AvgIpc) is 2.65. The molecule has 0 amide bonds. The van der Waals surface area contributed by atoms with Crippen LogP contribution in [0.3, 0.4) is 0 Å². The van der Waals surface area contributed by atoms with Gasteiger partial charge in [-0.2, -0.15) is 4.31 Å². The number of nitrogens with one attached hydrogen (secondary N) is 1. The Balaban J connectivity index is 1.92. The van der Waals surface area contributed by atoms with Crippen LogP contribution in [0.2, 0.25) is 0 Å². The van der Waals surface area contributed by atoms with Gasteiger partial charge in [0.25, 0.3) is 10.0 Å². The molecule has 2 aromatic rings. The summed E-state index contributed by atoms with van der Waals surface area (Å²) in [7, 11) is -4.42. The first-order valence-electron chi connectivity index (χ1n) is 8.46. The van der Waals surface area contributed by atoms with Crippen molar-refractivity contribution in [2.24, 2.45) is 0 Å². The van der Waals surface area contributed by atoms with E-state index in [9.17, 15) is 16.8 Å². The lowest BCUT2D eigenvalue weighted by molar-refractivity contribution is 0.392. The summed E-state index contributed by atoms with van der Waals surface area (Å²) >= 11 is 0. The molecular formula is C18H22N2O6S2. The lowest BCUT2D eigenvalue weighted by atomic mass is 10.0. The summed E-state index contributed by atoms with van der Waals surface area (Å²) in [5.74, 6) is 0.574. The molecule has 8 nitrogen and oxygen atoms in total. The Morgan fingerprint density at radius 2 is 1.71 bits per heavy atom. The highest BCUT2D eigenvalue weighted by Crippen LogP contribution is 2.31. The minimum Gasteiger partial charge on any atom is -0.497 e. The predicted octanol–water partition coefficient (Wildman–Crippen LogP) is 1.82. The van der Waals surface area contributed by atoms with E-state index in [1.807, 2.05) is 6.07 Å². The van der Waals surface area contributed by atoms with E-state index in [0.717, 1.165) is 11.1 Å². The molecule has 1 N–H and O–H groups in total. The maximum atomic E-state index is 12.9. The number of fused-ring (bicyclic) bond motifs is 1. The molecule has 0 bridgehead atoms. The third-order valence-electron chi connectivity index (χ3n) is 4.57. The molecule has 0 fully saturated rings. The number of ether oxygens (including phenoxy) is 2. The highest BCUT2D eigenvalue weighted by molar-refractivity contribution is 7.92. The van der Waals surface area contributed by atoms with Gasteiger partial charge in [0.15, 0.2) is 0 Å². The van der Waals surface area contributed by atoms with E-state index in [1.54, 1.807) is 18.2 Å². The van der Waals surface area contributed by atoms with Gasteiger partial charge in [-0.1, -0.05) is 6.07 Å². The van der Waals surface area contributed by atoms with Crippen molar-refractivity contribution in [3.8, 4) is 11.5 Å². The van der Waals surface area contributed by atoms with Crippen molar-refractivity contribution in [3.63, 3.8) is 0 Å². The Labute approximate surface area is 165 Å². The minimum absolute atomic E-state index is 0.0511. The zero-order chi connectivity index (χ0) is 20.5. The van der Waals surface area contributed by atoms with Crippen LogP contribution in [-0.4, -0.2) is 48.2 Å². The molecule has 28 heavy (non-hydrogen) atoms. The van der Waals surface area contributed by atoms with Gasteiger partial charge in [-0.05, 0) is 41.8 Å². The molecule has 1 aliphatic rings. The van der Waals surface area contributed by atoms with E-state index in [0.29, 0.717) is 24.4 Å². The van der Waals surface area contributed by atoms with E-state index < -0.39 is 20.0 Å². The van der Waals surface area contributed by atoms with E-state index in [2.05, 4.69) is 4.72 Å². The monoisotopic (exact) mass is 426 g/mol. The van der Waals surface area contributed by atoms with Crippen molar-refractivity contribution < 1.29 is 26.3 Å². The third kappa shape index (κ3) is 4.23. The highest BCUT2D eigenvalue weighted by Gasteiger charge is 2.25. The maximum Gasteiger partial charge on any atom is 0.265 e. The summed E-state index contributed by atoms with van der Waals surface area (Å²) in [4.78, 5) is -0.0511. The molecule has 3 rings (SSSR count). The van der Waals surface area contributed by atoms with Crippen LogP contribution in [0.25, 0.3) is 0 Å². The van der Waals surface area contributed by atoms with Crippen LogP contribution in [0.15, 0.2) is 41.3 Å². The van der Waals surface area contributed by atoms with E-state index in [1.165, 1.54) is 36.9 Å². The quantitative estimate of drug-likeness (QED) is 0.756. The SMILES string of the molecule is COc1ccc(OC)c(S(=O)(=O)Nc2ccc3c(c2)CN(S(C)(=O)=O)CC3)c1. The van der Waals surface area contributed by atoms with Gasteiger partial charge >= 0.3 is 0 Å². The molecule has 0 saturated carbocycles. The molecule has 0 saturated heterocycles. The van der Waals surface area contributed by atoms with Crippen LogP contribution in [-0.2, 0) is 33.0 Å². The first-order valence-corrected chi connectivity index (χ1v) is 11.8. The van der Waals surface area contributed by atoms with Crippen LogP contribution < -0.4 is 14.2 Å². The van der Waals surface area contributed by atoms with Crippen LogP contribution in [0.4, 0.5) is 5.69 Å². The van der Waals surface area contributed by atoms with Gasteiger partial charge in [0.05, 0.1) is 20.5 Å². The summed E-state index contributed by atoms with van der Waals surface area (Å²) in [5.41, 5.74) is 2.12. The fourth-order valence-electron chi connectivity index (χ4n) is 3.08. The molecule has 10 heteroatoms. The highest BCUT2D eigenvalue weighted by atomic mass is 32.2. The maximum absolute atomic E-state index is 12.9. The first-order chi connectivity index (χ1) is 13.1. The molecule has 1 heterocycles. The van der Waals surface area contributed by atoms with Crippen LogP contribution in [0, 0.1) is 0 Å². The second kappa shape index (κ2) is 7.61. The number of anilines is 1. The Morgan fingerprint density at radius 1 is 0.964 bits per heavy atom. The number of nitrogens with zero attached hydrogens (tertiary/aromatic N) is 1. The molecule has 152 valence electrons. The minimum atomic E-state index is -3.94. The van der Waals surface area contributed by atoms with Crippen molar-refractivity contribution >= 4 is 25.7 Å². The molecule has 0 unspecified atom stereocenters. The van der Waals surface area contributed by atoms with E-state index in [-0.39, 0.29) is 17.2 Å². The predicted molar refractivity (Wildman–Crippen MR) is 106 cm³/mol. The van der Waals surface area contributed by atoms with Crippen molar-refractivity contribution in [2.75, 3.05) is 31.7 Å². The third-order valence-corrected chi connectivity index (χ3v) is 7.22. The van der Waals surface area contributed by atoms with Crippen molar-refractivity contribution in [2.45, 2.75) is 17.9 Å². The van der Waals surface area contributed by atoms with Crippen LogP contribution in [0.1, 0.15) is 11.1 Å². The largest absolute Gasteiger partial charge is 0.497 e. The van der Waals surface area contributed by atoms with Crippen molar-refractivity contribution in [1.29, 1.82) is 0 Å². The van der Waals surface area contributed by atoms with Crippen molar-refractivity contribution in [3.05, 3.63) is 47.5 Å². The van der Waals surface area contributed by atoms with Gasteiger partial charge in [-0.3, -0.25) is 4.72 Å². The normalized spacial score (nSPS) is 15.0. The van der Waals surface area contributed by atoms with Gasteiger partial charge in [-0.25, -0.2) is 16.8 Å². The lowest BCUT2D eigenvalue weighted by Gasteiger charge is -2.27. The fourth-order valence-corrected chi connectivity index (χ4v) is 5.11. The first kappa shape index (κ1) is 20.4. The molecule has 1 aliphatic heterocycles. The zero-order valence-electron chi connectivity index (χ0n) is 15.8. The number of sulfonamides is 2. The Morgan fingerprint density at radius 3 is 2.36 bits per heavy atom. The Kier molecular flexibility index (Phi) is 5.55. The number of rotatable bonds is 6. The number of hydrogen-bond acceptors (Lipinski definition) is 6. The topological polar surface area (TPSA) is 102 Å². The second-order valence-electron chi connectivity index (χ2n) is 6.45. The van der Waals surface area contributed by atoms with E-state index >= 15 is 0 Å². The number of methoxy groups -OCH3 is 2. The summed E-state index contributed by atoms with van der Waals surface area (Å²) in [6.07, 6.45) is 1.75. The summed E-state index contributed by atoms with van der Waals surface area (Å²) in [5, 5.41) is 0. The smallest absolute Gasteiger partial charge is 0.265 e. The van der Waals surface area contributed by atoms with Gasteiger partial charge < -0.3 is 9.47 Å². The zero-order valence-corrected chi connectivity index (χ0v) is 17.4. The molecule has 0 aromatic heterocycles. The average molecular weight is 427 g/mol. The number of benzene rings is 2. The van der Waals surface area contributed by atoms with E-state index in [4.69, 9.17) is 9.47 Å². The number of hydrogen-bond donors (Lipinski definition) is 1.